The molecule has 2 heterocycles. The van der Waals surface area contributed by atoms with Crippen LogP contribution in [0.3, 0.4) is 0 Å². The van der Waals surface area contributed by atoms with Gasteiger partial charge in [0.1, 0.15) is 0 Å². The van der Waals surface area contributed by atoms with Gasteiger partial charge in [-0.05, 0) is 24.6 Å². The molecule has 0 spiro atoms. The number of likely N-dealkylation sites (N-methyl/N-ethyl adjacent to an activating group) is 1. The minimum Gasteiger partial charge on any atom is -0.390 e. The number of aromatic nitrogens is 1. The lowest BCUT2D eigenvalue weighted by molar-refractivity contribution is -0.130. The number of hydrogen-bond acceptors (Lipinski definition) is 6. The fraction of sp³-hybridized carbons (Fsp3) is 0.500. The van der Waals surface area contributed by atoms with Crippen LogP contribution >= 0.6 is 22.9 Å². The molecule has 0 radical (unpaired) electrons. The van der Waals surface area contributed by atoms with Gasteiger partial charge in [-0.15, -0.1) is 0 Å². The molecule has 1 amide bonds. The van der Waals surface area contributed by atoms with Crippen LogP contribution in [0.4, 0.5) is 5.13 Å². The van der Waals surface area contributed by atoms with Crippen LogP contribution in [0.25, 0.3) is 10.2 Å². The number of fused-ring (bicyclic) bond motifs is 1. The highest BCUT2D eigenvalue weighted by atomic mass is 35.5. The number of piperidine rings is 1. The van der Waals surface area contributed by atoms with Crippen LogP contribution in [0, 0.1) is 0 Å². The number of β-amino-alcohol motifs (C(OH)–C–C–N with tert-alkyl or cyclic N) is 1. The summed E-state index contributed by atoms with van der Waals surface area (Å²) in [6.45, 7) is 1.59. The lowest BCUT2D eigenvalue weighted by Crippen LogP contribution is -2.51. The molecular formula is C16H21ClN4O2S. The summed E-state index contributed by atoms with van der Waals surface area (Å²) in [6.07, 6.45) is 0.225. The number of carbonyl (C=O) groups is 1. The SMILES string of the molecule is CN(C)C(=O)CN1CC[C@@H](Nc2nc3ccc(Cl)cc3s2)[C@H](O)C1. The molecule has 2 N–H and O–H groups in total. The summed E-state index contributed by atoms with van der Waals surface area (Å²) < 4.78 is 1.02. The Morgan fingerprint density at radius 1 is 1.54 bits per heavy atom. The number of halogens is 1. The highest BCUT2D eigenvalue weighted by molar-refractivity contribution is 7.22. The largest absolute Gasteiger partial charge is 0.390 e. The molecule has 1 saturated heterocycles. The third-order valence-corrected chi connectivity index (χ3v) is 5.37. The van der Waals surface area contributed by atoms with Crippen molar-refractivity contribution in [2.24, 2.45) is 0 Å². The van der Waals surface area contributed by atoms with Gasteiger partial charge >= 0.3 is 0 Å². The molecule has 8 heteroatoms. The third-order valence-electron chi connectivity index (χ3n) is 4.18. The van der Waals surface area contributed by atoms with Gasteiger partial charge in [-0.1, -0.05) is 22.9 Å². The average Bonchev–Trinajstić information content (AvgIpc) is 2.91. The number of carbonyl (C=O) groups excluding carboxylic acids is 1. The number of rotatable bonds is 4. The van der Waals surface area contributed by atoms with Crippen LogP contribution in [0.15, 0.2) is 18.2 Å². The molecular weight excluding hydrogens is 348 g/mol. The van der Waals surface area contributed by atoms with Crippen molar-refractivity contribution in [2.45, 2.75) is 18.6 Å². The van der Waals surface area contributed by atoms with Crippen molar-refractivity contribution in [3.63, 3.8) is 0 Å². The zero-order valence-corrected chi connectivity index (χ0v) is 15.3. The summed E-state index contributed by atoms with van der Waals surface area (Å²) in [7, 11) is 3.49. The van der Waals surface area contributed by atoms with Crippen LogP contribution in [0.5, 0.6) is 0 Å². The monoisotopic (exact) mass is 368 g/mol. The molecule has 0 unspecified atom stereocenters. The minimum atomic E-state index is -0.538. The quantitative estimate of drug-likeness (QED) is 0.862. The number of likely N-dealkylation sites (tertiary alicyclic amines) is 1. The van der Waals surface area contributed by atoms with E-state index in [9.17, 15) is 9.90 Å². The first kappa shape index (κ1) is 17.4. The molecule has 130 valence electrons. The molecule has 0 saturated carbocycles. The average molecular weight is 369 g/mol. The van der Waals surface area contributed by atoms with Crippen LogP contribution in [0.2, 0.25) is 5.02 Å². The van der Waals surface area contributed by atoms with Crippen molar-refractivity contribution >= 4 is 44.2 Å². The van der Waals surface area contributed by atoms with E-state index in [2.05, 4.69) is 10.3 Å². The third kappa shape index (κ3) is 3.97. The highest BCUT2D eigenvalue weighted by Gasteiger charge is 2.29. The number of anilines is 1. The Morgan fingerprint density at radius 3 is 3.04 bits per heavy atom. The van der Waals surface area contributed by atoms with Crippen molar-refractivity contribution < 1.29 is 9.90 Å². The number of aliphatic hydroxyl groups excluding tert-OH is 1. The van der Waals surface area contributed by atoms with E-state index in [1.807, 2.05) is 23.1 Å². The topological polar surface area (TPSA) is 68.7 Å². The number of aliphatic hydroxyl groups is 1. The number of benzene rings is 1. The van der Waals surface area contributed by atoms with Crippen molar-refractivity contribution in [3.8, 4) is 0 Å². The normalized spacial score (nSPS) is 21.8. The van der Waals surface area contributed by atoms with Crippen LogP contribution in [-0.4, -0.2) is 71.7 Å². The Morgan fingerprint density at radius 2 is 2.33 bits per heavy atom. The van der Waals surface area contributed by atoms with E-state index in [0.29, 0.717) is 18.1 Å². The molecule has 1 aromatic carbocycles. The van der Waals surface area contributed by atoms with Gasteiger partial charge in [0.2, 0.25) is 5.91 Å². The van der Waals surface area contributed by atoms with Crippen molar-refractivity contribution in [1.29, 1.82) is 0 Å². The molecule has 2 aromatic rings. The Bertz CT molecular complexity index is 736. The maximum atomic E-state index is 11.8. The molecule has 1 fully saturated rings. The fourth-order valence-electron chi connectivity index (χ4n) is 2.76. The van der Waals surface area contributed by atoms with Gasteiger partial charge in [0.15, 0.2) is 5.13 Å². The molecule has 1 aromatic heterocycles. The zero-order chi connectivity index (χ0) is 17.3. The van der Waals surface area contributed by atoms with Crippen LogP contribution < -0.4 is 5.32 Å². The summed E-state index contributed by atoms with van der Waals surface area (Å²) >= 11 is 7.54. The number of hydrogen-bond donors (Lipinski definition) is 2. The van der Waals surface area contributed by atoms with Gasteiger partial charge < -0.3 is 15.3 Å². The summed E-state index contributed by atoms with van der Waals surface area (Å²) in [4.78, 5) is 19.9. The zero-order valence-electron chi connectivity index (χ0n) is 13.7. The van der Waals surface area contributed by atoms with E-state index in [1.54, 1.807) is 19.0 Å². The predicted octanol–water partition coefficient (Wildman–Crippen LogP) is 1.89. The highest BCUT2D eigenvalue weighted by Crippen LogP contribution is 2.29. The Labute approximate surface area is 150 Å². The summed E-state index contributed by atoms with van der Waals surface area (Å²) in [5, 5.41) is 15.2. The van der Waals surface area contributed by atoms with Gasteiger partial charge in [-0.2, -0.15) is 0 Å². The van der Waals surface area contributed by atoms with Gasteiger partial charge in [0.05, 0.1) is 28.9 Å². The van der Waals surface area contributed by atoms with Crippen molar-refractivity contribution in [2.75, 3.05) is 39.0 Å². The van der Waals surface area contributed by atoms with E-state index in [1.165, 1.54) is 11.3 Å². The molecule has 1 aliphatic rings. The van der Waals surface area contributed by atoms with E-state index in [-0.39, 0.29) is 11.9 Å². The van der Waals surface area contributed by atoms with E-state index >= 15 is 0 Å². The maximum Gasteiger partial charge on any atom is 0.236 e. The molecule has 0 aliphatic carbocycles. The number of nitrogens with one attached hydrogen (secondary N) is 1. The first-order chi connectivity index (χ1) is 11.4. The van der Waals surface area contributed by atoms with Gasteiger partial charge in [-0.25, -0.2) is 4.98 Å². The second-order valence-electron chi connectivity index (χ2n) is 6.26. The van der Waals surface area contributed by atoms with Gasteiger partial charge in [0, 0.05) is 32.2 Å². The number of thiazole rings is 1. The number of amides is 1. The number of nitrogens with zero attached hydrogens (tertiary/aromatic N) is 3. The predicted molar refractivity (Wildman–Crippen MR) is 97.8 cm³/mol. The van der Waals surface area contributed by atoms with E-state index in [4.69, 9.17) is 11.6 Å². The maximum absolute atomic E-state index is 11.8. The Balaban J connectivity index is 1.61. The van der Waals surface area contributed by atoms with Crippen molar-refractivity contribution in [3.05, 3.63) is 23.2 Å². The van der Waals surface area contributed by atoms with Gasteiger partial charge in [0.25, 0.3) is 0 Å². The lowest BCUT2D eigenvalue weighted by atomic mass is 10.0. The molecule has 2 atom stereocenters. The summed E-state index contributed by atoms with van der Waals surface area (Å²) in [5.41, 5.74) is 0.899. The summed E-state index contributed by atoms with van der Waals surface area (Å²) in [6, 6.07) is 5.55. The molecule has 1 aliphatic heterocycles. The molecule has 0 bridgehead atoms. The lowest BCUT2D eigenvalue weighted by Gasteiger charge is -2.36. The standard InChI is InChI=1S/C16H21ClN4O2S/c1-20(2)15(23)9-21-6-5-11(13(22)8-21)18-16-19-12-4-3-10(17)7-14(12)24-16/h3-4,7,11,13,22H,5-6,8-9H2,1-2H3,(H,18,19)/t11-,13-/m1/s1. The Kier molecular flexibility index (Phi) is 5.24. The van der Waals surface area contributed by atoms with Crippen LogP contribution in [-0.2, 0) is 4.79 Å². The Hall–Kier alpha value is -1.41. The smallest absolute Gasteiger partial charge is 0.236 e. The van der Waals surface area contributed by atoms with Crippen LogP contribution in [0.1, 0.15) is 6.42 Å². The first-order valence-corrected chi connectivity index (χ1v) is 9.05. The first-order valence-electron chi connectivity index (χ1n) is 7.85. The van der Waals surface area contributed by atoms with E-state index < -0.39 is 6.10 Å². The fourth-order valence-corrected chi connectivity index (χ4v) is 3.96. The van der Waals surface area contributed by atoms with E-state index in [0.717, 1.165) is 28.3 Å². The summed E-state index contributed by atoms with van der Waals surface area (Å²) in [5.74, 6) is 0.0525. The second kappa shape index (κ2) is 7.23. The molecule has 3 rings (SSSR count). The minimum absolute atomic E-state index is 0.0525. The molecule has 24 heavy (non-hydrogen) atoms. The van der Waals surface area contributed by atoms with Crippen molar-refractivity contribution in [1.82, 2.24) is 14.8 Å². The second-order valence-corrected chi connectivity index (χ2v) is 7.73. The molecule has 6 nitrogen and oxygen atoms in total. The van der Waals surface area contributed by atoms with Gasteiger partial charge in [-0.3, -0.25) is 9.69 Å².